The summed E-state index contributed by atoms with van der Waals surface area (Å²) in [5, 5.41) is 9.24. The number of halogens is 1. The van der Waals surface area contributed by atoms with Crippen molar-refractivity contribution in [1.29, 1.82) is 0 Å². The second-order valence-corrected chi connectivity index (χ2v) is 7.50. The fraction of sp³-hybridized carbons (Fsp3) is 0.476. The van der Waals surface area contributed by atoms with Crippen LogP contribution >= 0.6 is 24.0 Å². The average molecular weight is 513 g/mol. The van der Waals surface area contributed by atoms with Gasteiger partial charge in [0.05, 0.1) is 6.20 Å². The zero-order valence-electron chi connectivity index (χ0n) is 17.6. The molecule has 0 aliphatic heterocycles. The van der Waals surface area contributed by atoms with E-state index in [1.807, 2.05) is 37.3 Å². The fourth-order valence-corrected chi connectivity index (χ4v) is 2.40. The smallest absolute Gasteiger partial charge is 0.222 e. The number of rotatable bonds is 8. The first-order valence-electron chi connectivity index (χ1n) is 9.66. The van der Waals surface area contributed by atoms with E-state index in [4.69, 9.17) is 4.42 Å². The summed E-state index contributed by atoms with van der Waals surface area (Å²) in [7, 11) is 0. The maximum absolute atomic E-state index is 12.0. The molecule has 0 aliphatic rings. The maximum atomic E-state index is 12.0. The highest BCUT2D eigenvalue weighted by molar-refractivity contribution is 14.0. The summed E-state index contributed by atoms with van der Waals surface area (Å²) in [6.45, 7) is 10.3. The summed E-state index contributed by atoms with van der Waals surface area (Å²) in [6.07, 6.45) is 2.12. The Morgan fingerprint density at radius 2 is 1.86 bits per heavy atom. The van der Waals surface area contributed by atoms with Crippen LogP contribution in [-0.4, -0.2) is 29.9 Å². The molecule has 2 rings (SSSR count). The van der Waals surface area contributed by atoms with E-state index in [0.717, 1.165) is 17.9 Å². The Bertz CT molecular complexity index is 769. The van der Waals surface area contributed by atoms with Crippen molar-refractivity contribution >= 4 is 35.8 Å². The largest absolute Gasteiger partial charge is 0.443 e. The number of aliphatic imine (C=N–C) groups is 1. The number of nitrogens with one attached hydrogen (secondary N) is 3. The highest BCUT2D eigenvalue weighted by Gasteiger charge is 2.19. The third-order valence-corrected chi connectivity index (χ3v) is 3.99. The van der Waals surface area contributed by atoms with Crippen LogP contribution in [0.3, 0.4) is 0 Å². The molecule has 0 atom stereocenters. The van der Waals surface area contributed by atoms with Crippen LogP contribution in [0.2, 0.25) is 0 Å². The number of hydrogen-bond donors (Lipinski definition) is 3. The molecule has 1 heterocycles. The van der Waals surface area contributed by atoms with Crippen molar-refractivity contribution in [3.63, 3.8) is 0 Å². The van der Waals surface area contributed by atoms with Gasteiger partial charge in [-0.05, 0) is 12.5 Å². The van der Waals surface area contributed by atoms with Crippen molar-refractivity contribution in [1.82, 2.24) is 20.9 Å². The number of guanidine groups is 1. The molecule has 1 aromatic carbocycles. The predicted octanol–water partition coefficient (Wildman–Crippen LogP) is 3.35. The van der Waals surface area contributed by atoms with E-state index >= 15 is 0 Å². The van der Waals surface area contributed by atoms with E-state index in [2.05, 4.69) is 46.7 Å². The van der Waals surface area contributed by atoms with E-state index in [9.17, 15) is 4.79 Å². The van der Waals surface area contributed by atoms with Gasteiger partial charge < -0.3 is 20.4 Å². The average Bonchev–Trinajstić information content (AvgIpc) is 3.15. The minimum atomic E-state index is -0.0785. The molecule has 0 unspecified atom stereocenters. The molecule has 1 aromatic heterocycles. The molecule has 0 radical (unpaired) electrons. The van der Waals surface area contributed by atoms with Gasteiger partial charge in [-0.3, -0.25) is 4.79 Å². The highest BCUT2D eigenvalue weighted by Crippen LogP contribution is 2.22. The number of carbonyl (C=O) groups excluding carboxylic acids is 1. The van der Waals surface area contributed by atoms with Gasteiger partial charge >= 0.3 is 0 Å². The highest BCUT2D eigenvalue weighted by atomic mass is 127. The molecule has 0 spiro atoms. The number of hydrogen-bond acceptors (Lipinski definition) is 4. The maximum Gasteiger partial charge on any atom is 0.222 e. The van der Waals surface area contributed by atoms with Crippen LogP contribution in [0.25, 0.3) is 0 Å². The summed E-state index contributed by atoms with van der Waals surface area (Å²) in [4.78, 5) is 20.8. The number of oxazole rings is 1. The molecule has 8 heteroatoms. The molecule has 1 amide bonds. The molecule has 3 N–H and O–H groups in total. The Hall–Kier alpha value is -2.10. The summed E-state index contributed by atoms with van der Waals surface area (Å²) in [5.41, 5.74) is 1.00. The zero-order valence-corrected chi connectivity index (χ0v) is 19.9. The van der Waals surface area contributed by atoms with Crippen LogP contribution in [0.1, 0.15) is 51.3 Å². The van der Waals surface area contributed by atoms with Crippen LogP contribution in [0, 0.1) is 0 Å². The SMILES string of the molecule is CCNC(=NCc1ncc(C(C)(C)C)o1)NCCC(=O)NCc1ccccc1.I. The standard InChI is InChI=1S/C21H31N5O2.HI/c1-5-22-20(26-15-19-25-14-17(28-19)21(2,3)4)23-12-11-18(27)24-13-16-9-7-6-8-10-16;/h6-10,14H,5,11-13,15H2,1-4H3,(H,24,27)(H2,22,23,26);1H. The second-order valence-electron chi connectivity index (χ2n) is 7.50. The van der Waals surface area contributed by atoms with Crippen LogP contribution in [0.15, 0.2) is 45.9 Å². The molecule has 0 saturated heterocycles. The van der Waals surface area contributed by atoms with Gasteiger partial charge in [-0.1, -0.05) is 51.1 Å². The van der Waals surface area contributed by atoms with Gasteiger partial charge in [-0.15, -0.1) is 24.0 Å². The Kier molecular flexibility index (Phi) is 10.7. The van der Waals surface area contributed by atoms with Crippen LogP contribution in [-0.2, 0) is 23.3 Å². The third kappa shape index (κ3) is 9.29. The van der Waals surface area contributed by atoms with Crippen LogP contribution in [0.4, 0.5) is 0 Å². The Balaban J connectivity index is 0.00000420. The molecular formula is C21H32IN5O2. The van der Waals surface area contributed by atoms with Gasteiger partial charge in [-0.25, -0.2) is 9.98 Å². The number of aromatic nitrogens is 1. The molecule has 160 valence electrons. The van der Waals surface area contributed by atoms with E-state index < -0.39 is 0 Å². The lowest BCUT2D eigenvalue weighted by Gasteiger charge is -2.13. The number of benzene rings is 1. The molecule has 2 aromatic rings. The van der Waals surface area contributed by atoms with Gasteiger partial charge in [0.2, 0.25) is 11.8 Å². The molecule has 0 saturated carbocycles. The lowest BCUT2D eigenvalue weighted by molar-refractivity contribution is -0.121. The monoisotopic (exact) mass is 513 g/mol. The van der Waals surface area contributed by atoms with E-state index in [1.165, 1.54) is 0 Å². The van der Waals surface area contributed by atoms with Crippen LogP contribution in [0.5, 0.6) is 0 Å². The quantitative estimate of drug-likeness (QED) is 0.286. The zero-order chi connectivity index (χ0) is 20.4. The van der Waals surface area contributed by atoms with Crippen molar-refractivity contribution in [2.24, 2.45) is 4.99 Å². The van der Waals surface area contributed by atoms with Gasteiger partial charge in [0, 0.05) is 31.5 Å². The minimum absolute atomic E-state index is 0. The van der Waals surface area contributed by atoms with Crippen LogP contribution < -0.4 is 16.0 Å². The lowest BCUT2D eigenvalue weighted by Crippen LogP contribution is -2.39. The van der Waals surface area contributed by atoms with Crippen molar-refractivity contribution < 1.29 is 9.21 Å². The Labute approximate surface area is 190 Å². The topological polar surface area (TPSA) is 91.6 Å². The molecule has 29 heavy (non-hydrogen) atoms. The Morgan fingerprint density at radius 1 is 1.14 bits per heavy atom. The summed E-state index contributed by atoms with van der Waals surface area (Å²) in [6, 6.07) is 9.85. The fourth-order valence-electron chi connectivity index (χ4n) is 2.40. The lowest BCUT2D eigenvalue weighted by atomic mass is 9.94. The molecule has 0 bridgehead atoms. The first-order valence-corrected chi connectivity index (χ1v) is 9.66. The first kappa shape index (κ1) is 24.9. The summed E-state index contributed by atoms with van der Waals surface area (Å²) < 4.78 is 5.76. The molecule has 0 fully saturated rings. The van der Waals surface area contributed by atoms with Gasteiger partial charge in [0.25, 0.3) is 0 Å². The number of amides is 1. The van der Waals surface area contributed by atoms with Gasteiger partial charge in [-0.2, -0.15) is 0 Å². The molecule has 7 nitrogen and oxygen atoms in total. The van der Waals surface area contributed by atoms with Crippen molar-refractivity contribution in [3.05, 3.63) is 53.7 Å². The normalized spacial score (nSPS) is 11.5. The summed E-state index contributed by atoms with van der Waals surface area (Å²) >= 11 is 0. The Morgan fingerprint density at radius 3 is 2.48 bits per heavy atom. The molecular weight excluding hydrogens is 481 g/mol. The second kappa shape index (κ2) is 12.5. The third-order valence-electron chi connectivity index (χ3n) is 3.99. The van der Waals surface area contributed by atoms with E-state index in [1.54, 1.807) is 6.20 Å². The van der Waals surface area contributed by atoms with Gasteiger partial charge in [0.15, 0.2) is 5.96 Å². The van der Waals surface area contributed by atoms with Gasteiger partial charge in [0.1, 0.15) is 12.3 Å². The summed E-state index contributed by atoms with van der Waals surface area (Å²) in [5.74, 6) is 2.04. The first-order chi connectivity index (χ1) is 13.4. The number of carbonyl (C=O) groups is 1. The van der Waals surface area contributed by atoms with E-state index in [0.29, 0.717) is 37.9 Å². The minimum Gasteiger partial charge on any atom is -0.443 e. The van der Waals surface area contributed by atoms with Crippen molar-refractivity contribution in [2.45, 2.75) is 52.6 Å². The number of nitrogens with zero attached hydrogens (tertiary/aromatic N) is 2. The van der Waals surface area contributed by atoms with Crippen molar-refractivity contribution in [2.75, 3.05) is 13.1 Å². The van der Waals surface area contributed by atoms with E-state index in [-0.39, 0.29) is 35.3 Å². The predicted molar refractivity (Wildman–Crippen MR) is 126 cm³/mol. The van der Waals surface area contributed by atoms with Crippen molar-refractivity contribution in [3.8, 4) is 0 Å². The molecule has 0 aliphatic carbocycles.